The average molecular weight is 1660 g/mol. The number of hydrogen-bond donors (Lipinski definition) is 1. The van der Waals surface area contributed by atoms with Gasteiger partial charge in [0.05, 0.1) is 36.7 Å². The lowest BCUT2D eigenvalue weighted by Gasteiger charge is -2.32. The van der Waals surface area contributed by atoms with Crippen molar-refractivity contribution in [3.63, 3.8) is 0 Å². The first-order chi connectivity index (χ1) is 49.5. The van der Waals surface area contributed by atoms with Gasteiger partial charge in [-0.3, -0.25) is 24.0 Å². The molecule has 107 heavy (non-hydrogen) atoms. The summed E-state index contributed by atoms with van der Waals surface area (Å²) in [6.45, 7) is 52.8. The Balaban J connectivity index is 0.000000171. The zero-order chi connectivity index (χ0) is 79.7. The highest BCUT2D eigenvalue weighted by molar-refractivity contribution is 7.90. The normalized spacial score (nSPS) is 32.9. The molecule has 14 rings (SSSR count). The molecule has 0 amide bonds. The molecule has 14 aliphatic rings. The number of hydrogen-bond acceptors (Lipinski definition) is 11. The summed E-state index contributed by atoms with van der Waals surface area (Å²) in [6, 6.07) is 4.42. The maximum absolute atomic E-state index is 12.2. The highest BCUT2D eigenvalue weighted by Gasteiger charge is 2.60. The monoisotopic (exact) mass is 1660 g/mol. The third-order valence-corrected chi connectivity index (χ3v) is 74.5. The number of ether oxygens (including phenoxy) is 4. The number of rotatable bonds is 20. The zero-order valence-corrected chi connectivity index (χ0v) is 81.1. The molecule has 14 fully saturated rings. The minimum absolute atomic E-state index is 0.0440. The summed E-state index contributed by atoms with van der Waals surface area (Å²) in [5.74, 6) is 6.89. The lowest BCUT2D eigenvalue weighted by molar-refractivity contribution is -0.165. The molecule has 12 saturated carbocycles. The molecule has 12 nitrogen and oxygen atoms in total. The Hall–Kier alpha value is -1.01. The van der Waals surface area contributed by atoms with E-state index in [-0.39, 0.29) is 104 Å². The molecular formula is C83H158F3NO11SSi8. The highest BCUT2D eigenvalue weighted by Crippen LogP contribution is 2.60. The zero-order valence-electron chi connectivity index (χ0n) is 71.8. The predicted molar refractivity (Wildman–Crippen MR) is 458 cm³/mol. The van der Waals surface area contributed by atoms with Crippen molar-refractivity contribution >= 4 is 107 Å². The summed E-state index contributed by atoms with van der Waals surface area (Å²) in [7, 11) is -9.90. The third kappa shape index (κ3) is 27.6. The minimum Gasteiger partial charge on any atom is -0.465 e. The first kappa shape index (κ1) is 93.1. The molecule has 0 radical (unpaired) electrons. The molecule has 12 aliphatic carbocycles. The number of cyclic esters (lactones) is 3. The number of carbonyl (C=O) groups is 5. The number of esters is 5. The Bertz CT molecular complexity index is 2890. The van der Waals surface area contributed by atoms with E-state index in [9.17, 15) is 45.6 Å². The summed E-state index contributed by atoms with van der Waals surface area (Å²) in [6.07, 6.45) is 32.7. The fourth-order valence-corrected chi connectivity index (χ4v) is 79.1. The molecule has 2 heterocycles. The van der Waals surface area contributed by atoms with E-state index < -0.39 is 55.9 Å². The van der Waals surface area contributed by atoms with Gasteiger partial charge in [-0.2, -0.15) is 13.2 Å². The fraction of sp³-hybridized carbons (Fsp3) is 0.940. The van der Waals surface area contributed by atoms with Crippen LogP contribution < -0.4 is 4.72 Å². The standard InChI is InChI=1S/2C14H22O2.C10H14O2.2C10H28Si3.C9H14F3NO2S.C9H10O3.C7H20Si2/c2*1-14(6-2-3-7-14)16-13(15)12-9-10-4-5-11(12)8-10;11-9-5-10(6-12-9)4-7-1-2-8(10)3-7;2*1-8-12(4,5)10-13(6,7)9-11(2)3;10-9(11,12)16(14,15)13-5-8-4-6-1-2-7(8)3-6;10-8-6-4-1-2-5(3-4)7(6)9(11)12-8;1-6-9(4,5)7-8(2)3/h2*10-12H,2-9H2,1H3;7-8H,1-6H2;2*11H,8-10H2,1-7H3;6-8,13H,1-5H2;4-7H,1-3H2;8H,6-7H2,1-5H3. The first-order valence-electron chi connectivity index (χ1n) is 43.9. The van der Waals surface area contributed by atoms with E-state index >= 15 is 0 Å². The lowest BCUT2D eigenvalue weighted by atomic mass is 9.73. The Morgan fingerprint density at radius 1 is 0.505 bits per heavy atom. The van der Waals surface area contributed by atoms with E-state index in [0.717, 1.165) is 114 Å². The number of carbonyl (C=O) groups excluding carboxylic acids is 5. The molecule has 16 unspecified atom stereocenters. The molecule has 2 aliphatic heterocycles. The highest BCUT2D eigenvalue weighted by atomic mass is 32.2. The van der Waals surface area contributed by atoms with Crippen molar-refractivity contribution in [2.45, 2.75) is 382 Å². The van der Waals surface area contributed by atoms with Gasteiger partial charge < -0.3 is 18.9 Å². The van der Waals surface area contributed by atoms with Crippen LogP contribution >= 0.6 is 0 Å². The van der Waals surface area contributed by atoms with Gasteiger partial charge in [-0.25, -0.2) is 13.1 Å². The van der Waals surface area contributed by atoms with Gasteiger partial charge in [-0.1, -0.05) is 198 Å². The SMILES string of the molecule is CC1(OC(=O)C2CC3CCC2C3)CCCC1.CC1(OC(=O)C2CC3CCC2C3)CCCC1.CC[Si](C)(C)C[SiH](C)C.CC[Si](C)(C)C[Si](C)(C)C[SiH](C)C.CC[Si](C)(C)C[Si](C)(C)C[SiH](C)C.O=C1CC2(CO1)CC1CCC2C1.O=C1OC(=O)C2C3CCC(C3)C12.O=S(=O)(NCC1CC2CCC1C2)C(F)(F)F. The average Bonchev–Trinajstić information content (AvgIpc) is 1.59. The first-order valence-corrected chi connectivity index (χ1v) is 71.9. The third-order valence-electron chi connectivity index (χ3n) is 29.3. The summed E-state index contributed by atoms with van der Waals surface area (Å²) < 4.78 is 80.7. The van der Waals surface area contributed by atoms with Gasteiger partial charge in [0.2, 0.25) is 0 Å². The molecule has 620 valence electrons. The molecule has 1 spiro atoms. The van der Waals surface area contributed by atoms with Crippen LogP contribution in [-0.2, 0) is 52.9 Å². The molecule has 24 heteroatoms. The van der Waals surface area contributed by atoms with Crippen molar-refractivity contribution in [1.82, 2.24) is 4.72 Å². The molecule has 1 N–H and O–H groups in total. The van der Waals surface area contributed by atoms with Gasteiger partial charge in [0.1, 0.15) is 11.2 Å². The minimum atomic E-state index is -5.19. The van der Waals surface area contributed by atoms with Gasteiger partial charge >= 0.3 is 45.4 Å². The molecule has 0 aromatic heterocycles. The summed E-state index contributed by atoms with van der Waals surface area (Å²) >= 11 is 0. The van der Waals surface area contributed by atoms with Gasteiger partial charge in [0.15, 0.2) is 0 Å². The van der Waals surface area contributed by atoms with E-state index in [0.29, 0.717) is 47.3 Å². The maximum Gasteiger partial charge on any atom is 0.511 e. The molecule has 2 saturated heterocycles. The van der Waals surface area contributed by atoms with Crippen molar-refractivity contribution in [3.05, 3.63) is 0 Å². The van der Waals surface area contributed by atoms with Crippen molar-refractivity contribution in [2.24, 2.45) is 94.2 Å². The van der Waals surface area contributed by atoms with Gasteiger partial charge in [0, 0.05) is 78.7 Å². The van der Waals surface area contributed by atoms with E-state index in [1.807, 2.05) is 0 Å². The second-order valence-corrected chi connectivity index (χ2v) is 85.0. The number of halogens is 3. The largest absolute Gasteiger partial charge is 0.511 e. The van der Waals surface area contributed by atoms with Crippen LogP contribution in [0.25, 0.3) is 0 Å². The molecule has 10 bridgehead atoms. The van der Waals surface area contributed by atoms with E-state index in [1.54, 1.807) is 33.1 Å². The molecular weight excluding hydrogens is 1500 g/mol. The van der Waals surface area contributed by atoms with Crippen LogP contribution in [0.1, 0.15) is 214 Å². The molecule has 16 atom stereocenters. The number of nitrogens with one attached hydrogen (secondary N) is 1. The van der Waals surface area contributed by atoms with Crippen molar-refractivity contribution < 1.29 is 64.5 Å². The summed E-state index contributed by atoms with van der Waals surface area (Å²) in [4.78, 5) is 57.8. The van der Waals surface area contributed by atoms with Crippen molar-refractivity contribution in [1.29, 1.82) is 0 Å². The van der Waals surface area contributed by atoms with Crippen LogP contribution in [0.5, 0.6) is 0 Å². The van der Waals surface area contributed by atoms with E-state index in [2.05, 4.69) is 144 Å². The van der Waals surface area contributed by atoms with E-state index in [4.69, 9.17) is 14.2 Å². The van der Waals surface area contributed by atoms with Crippen LogP contribution in [0.3, 0.4) is 0 Å². The Morgan fingerprint density at radius 2 is 0.888 bits per heavy atom. The van der Waals surface area contributed by atoms with Crippen LogP contribution in [0.15, 0.2) is 0 Å². The molecule has 0 aromatic rings. The summed E-state index contributed by atoms with van der Waals surface area (Å²) in [5, 5.41) is 0. The topological polar surface area (TPSA) is 168 Å². The van der Waals surface area contributed by atoms with Crippen LogP contribution in [-0.4, -0.2) is 135 Å². The predicted octanol–water partition coefficient (Wildman–Crippen LogP) is 21.6. The second kappa shape index (κ2) is 38.8. The smallest absolute Gasteiger partial charge is 0.465 e. The number of alkyl halides is 3. The quantitative estimate of drug-likeness (QED) is 0.0533. The molecule has 0 aromatic carbocycles. The maximum atomic E-state index is 12.2. The van der Waals surface area contributed by atoms with E-state index in [1.165, 1.54) is 108 Å². The number of fused-ring (bicyclic) bond motifs is 14. The Kier molecular flexibility index (Phi) is 33.8. The van der Waals surface area contributed by atoms with Gasteiger partial charge in [-0.15, -0.1) is 0 Å². The second-order valence-electron chi connectivity index (χ2n) is 43.4. The van der Waals surface area contributed by atoms with Crippen LogP contribution in [0.2, 0.25) is 151 Å². The van der Waals surface area contributed by atoms with Gasteiger partial charge in [0.25, 0.3) is 0 Å². The van der Waals surface area contributed by atoms with Crippen molar-refractivity contribution in [2.75, 3.05) is 13.2 Å². The number of sulfonamides is 1. The summed E-state index contributed by atoms with van der Waals surface area (Å²) in [5.41, 5.74) is 3.11. The van der Waals surface area contributed by atoms with Crippen molar-refractivity contribution in [3.8, 4) is 0 Å². The lowest BCUT2D eigenvalue weighted by Crippen LogP contribution is -2.41. The Morgan fingerprint density at radius 3 is 1.19 bits per heavy atom. The van der Waals surface area contributed by atoms with Gasteiger partial charge in [-0.05, 0) is 227 Å². The Labute approximate surface area is 661 Å². The van der Waals surface area contributed by atoms with Crippen LogP contribution in [0, 0.1) is 94.2 Å². The fourth-order valence-electron chi connectivity index (χ4n) is 24.3. The van der Waals surface area contributed by atoms with Crippen LogP contribution in [0.4, 0.5) is 13.2 Å².